The van der Waals surface area contributed by atoms with Crippen molar-refractivity contribution in [2.75, 3.05) is 13.1 Å². The molecule has 10 heteroatoms. The van der Waals surface area contributed by atoms with Crippen molar-refractivity contribution in [3.8, 4) is 0 Å². The Bertz CT molecular complexity index is 796. The maximum Gasteiger partial charge on any atom is 0.276 e. The molecule has 2 rings (SSSR count). The molecule has 0 saturated heterocycles. The van der Waals surface area contributed by atoms with Gasteiger partial charge in [0.25, 0.3) is 10.2 Å². The van der Waals surface area contributed by atoms with E-state index in [1.54, 1.807) is 29.0 Å². The van der Waals surface area contributed by atoms with Crippen LogP contribution >= 0.6 is 22.7 Å². The van der Waals surface area contributed by atoms with Crippen molar-refractivity contribution in [1.82, 2.24) is 9.44 Å². The van der Waals surface area contributed by atoms with Gasteiger partial charge in [-0.05, 0) is 29.3 Å². The number of hydrogen-bond acceptors (Lipinski definition) is 6. The zero-order valence-corrected chi connectivity index (χ0v) is 15.7. The summed E-state index contributed by atoms with van der Waals surface area (Å²) >= 11 is 2.42. The molecule has 128 valence electrons. The molecule has 0 amide bonds. The number of rotatable bonds is 9. The molecule has 0 aromatic carbocycles. The van der Waals surface area contributed by atoms with Gasteiger partial charge in [0.2, 0.25) is 0 Å². The molecule has 0 aliphatic carbocycles. The lowest BCUT2D eigenvalue weighted by atomic mass is 10.3. The topological polar surface area (TPSA) is 92.3 Å². The molecule has 1 unspecified atom stereocenters. The molecule has 0 aliphatic rings. The lowest BCUT2D eigenvalue weighted by Gasteiger charge is -2.16. The van der Waals surface area contributed by atoms with Gasteiger partial charge in [-0.1, -0.05) is 19.1 Å². The monoisotopic (exact) mass is 394 g/mol. The van der Waals surface area contributed by atoms with Gasteiger partial charge in [-0.15, -0.1) is 22.7 Å². The Morgan fingerprint density at radius 3 is 2.30 bits per heavy atom. The van der Waals surface area contributed by atoms with Gasteiger partial charge in [-0.3, -0.25) is 0 Å². The third-order valence-corrected chi connectivity index (χ3v) is 8.79. The summed E-state index contributed by atoms with van der Waals surface area (Å²) in [5.41, 5.74) is 0. The molecule has 0 fully saturated rings. The minimum Gasteiger partial charge on any atom is -0.222 e. The van der Waals surface area contributed by atoms with Gasteiger partial charge in [0.15, 0.2) is 9.84 Å². The molecule has 2 aromatic rings. The van der Waals surface area contributed by atoms with Crippen LogP contribution in [0.4, 0.5) is 0 Å². The molecule has 0 saturated carbocycles. The van der Waals surface area contributed by atoms with Gasteiger partial charge in [0, 0.05) is 18.0 Å². The highest BCUT2D eigenvalue weighted by Gasteiger charge is 2.31. The highest BCUT2D eigenvalue weighted by Crippen LogP contribution is 2.33. The van der Waals surface area contributed by atoms with Crippen LogP contribution in [0.25, 0.3) is 0 Å². The first-order valence-electron chi connectivity index (χ1n) is 6.92. The van der Waals surface area contributed by atoms with Crippen molar-refractivity contribution >= 4 is 42.7 Å². The smallest absolute Gasteiger partial charge is 0.222 e. The zero-order valence-electron chi connectivity index (χ0n) is 12.4. The molecule has 2 aromatic heterocycles. The molecule has 1 atom stereocenters. The average molecular weight is 395 g/mol. The maximum absolute atomic E-state index is 12.8. The molecule has 2 heterocycles. The fourth-order valence-electron chi connectivity index (χ4n) is 1.88. The van der Waals surface area contributed by atoms with Crippen molar-refractivity contribution < 1.29 is 16.8 Å². The predicted molar refractivity (Wildman–Crippen MR) is 93.8 cm³/mol. The third kappa shape index (κ3) is 4.85. The normalized spacial score (nSPS) is 14.0. The first-order valence-corrected chi connectivity index (χ1v) is 11.7. The van der Waals surface area contributed by atoms with E-state index in [0.29, 0.717) is 17.8 Å². The fourth-order valence-corrected chi connectivity index (χ4v) is 6.93. The van der Waals surface area contributed by atoms with E-state index in [2.05, 4.69) is 9.44 Å². The second-order valence-electron chi connectivity index (χ2n) is 4.73. The van der Waals surface area contributed by atoms with Crippen molar-refractivity contribution in [2.45, 2.75) is 22.8 Å². The number of sulfone groups is 1. The summed E-state index contributed by atoms with van der Waals surface area (Å²) in [6, 6.07) is 6.65. The lowest BCUT2D eigenvalue weighted by Crippen LogP contribution is -2.40. The van der Waals surface area contributed by atoms with E-state index in [9.17, 15) is 16.8 Å². The Morgan fingerprint density at radius 1 is 1.04 bits per heavy atom. The van der Waals surface area contributed by atoms with Gasteiger partial charge in [-0.2, -0.15) is 8.42 Å². The summed E-state index contributed by atoms with van der Waals surface area (Å²) in [6.07, 6.45) is 0.656. The van der Waals surface area contributed by atoms with E-state index in [1.807, 2.05) is 6.92 Å². The number of nitrogens with one attached hydrogen (secondary N) is 2. The quantitative estimate of drug-likeness (QED) is 0.682. The predicted octanol–water partition coefficient (Wildman–Crippen LogP) is 2.16. The largest absolute Gasteiger partial charge is 0.276 e. The van der Waals surface area contributed by atoms with Gasteiger partial charge < -0.3 is 0 Å². The minimum absolute atomic E-state index is 0.209. The van der Waals surface area contributed by atoms with Crippen LogP contribution in [0.15, 0.2) is 39.2 Å². The summed E-state index contributed by atoms with van der Waals surface area (Å²) in [5, 5.41) is 2.51. The van der Waals surface area contributed by atoms with Crippen molar-refractivity contribution in [3.63, 3.8) is 0 Å². The molecular formula is C13H18N2O4S4. The molecule has 0 spiro atoms. The Labute approximate surface area is 144 Å². The van der Waals surface area contributed by atoms with Gasteiger partial charge >= 0.3 is 0 Å². The van der Waals surface area contributed by atoms with E-state index in [-0.39, 0.29) is 10.8 Å². The van der Waals surface area contributed by atoms with Crippen LogP contribution in [0, 0.1) is 0 Å². The summed E-state index contributed by atoms with van der Waals surface area (Å²) in [7, 11) is -7.36. The van der Waals surface area contributed by atoms with E-state index in [1.165, 1.54) is 17.4 Å². The number of hydrogen-bond donors (Lipinski definition) is 2. The zero-order chi connectivity index (χ0) is 16.9. The molecule has 0 bridgehead atoms. The second kappa shape index (κ2) is 7.86. The second-order valence-corrected chi connectivity index (χ2v) is 10.6. The maximum atomic E-state index is 12.8. The van der Waals surface area contributed by atoms with Crippen LogP contribution in [0.3, 0.4) is 0 Å². The molecule has 6 nitrogen and oxygen atoms in total. The summed E-state index contributed by atoms with van der Waals surface area (Å²) in [6.45, 7) is 1.94. The first-order chi connectivity index (χ1) is 10.9. The number of thiophene rings is 2. The summed E-state index contributed by atoms with van der Waals surface area (Å²) in [4.78, 5) is 0.608. The highest BCUT2D eigenvalue weighted by molar-refractivity contribution is 7.94. The van der Waals surface area contributed by atoms with E-state index < -0.39 is 25.3 Å². The van der Waals surface area contributed by atoms with Crippen LogP contribution < -0.4 is 9.44 Å². The molecular weight excluding hydrogens is 376 g/mol. The molecule has 0 aliphatic heterocycles. The van der Waals surface area contributed by atoms with E-state index >= 15 is 0 Å². The Balaban J connectivity index is 2.24. The van der Waals surface area contributed by atoms with Gasteiger partial charge in [0.1, 0.15) is 9.46 Å². The SMILES string of the molecule is CCCNS(=O)(=O)NCC(c1cccs1)S(=O)(=O)c1cccs1. The van der Waals surface area contributed by atoms with Crippen LogP contribution in [0.2, 0.25) is 0 Å². The Morgan fingerprint density at radius 2 is 1.74 bits per heavy atom. The van der Waals surface area contributed by atoms with Crippen LogP contribution in [0.5, 0.6) is 0 Å². The van der Waals surface area contributed by atoms with Gasteiger partial charge in [-0.25, -0.2) is 17.9 Å². The van der Waals surface area contributed by atoms with Crippen molar-refractivity contribution in [3.05, 3.63) is 39.9 Å². The van der Waals surface area contributed by atoms with Gasteiger partial charge in [0.05, 0.1) is 0 Å². The van der Waals surface area contributed by atoms with Crippen LogP contribution in [0.1, 0.15) is 23.5 Å². The lowest BCUT2D eigenvalue weighted by molar-refractivity contribution is 0.559. The third-order valence-electron chi connectivity index (χ3n) is 3.01. The fraction of sp³-hybridized carbons (Fsp3) is 0.385. The minimum atomic E-state index is -3.72. The average Bonchev–Trinajstić information content (AvgIpc) is 3.18. The standard InChI is InChI=1S/C13H18N2O4S4/c1-2-7-14-23(18,19)15-10-12(11-5-3-8-20-11)22(16,17)13-6-4-9-21-13/h3-6,8-9,12,14-15H,2,7,10H2,1H3. The summed E-state index contributed by atoms with van der Waals surface area (Å²) < 4.78 is 54.2. The molecule has 2 N–H and O–H groups in total. The van der Waals surface area contributed by atoms with Crippen molar-refractivity contribution in [2.24, 2.45) is 0 Å². The van der Waals surface area contributed by atoms with E-state index in [4.69, 9.17) is 0 Å². The van der Waals surface area contributed by atoms with Crippen molar-refractivity contribution in [1.29, 1.82) is 0 Å². The molecule has 23 heavy (non-hydrogen) atoms. The molecule has 0 radical (unpaired) electrons. The van der Waals surface area contributed by atoms with Crippen LogP contribution in [-0.2, 0) is 20.0 Å². The van der Waals surface area contributed by atoms with Crippen LogP contribution in [-0.4, -0.2) is 29.9 Å². The Hall–Kier alpha value is -0.780. The van der Waals surface area contributed by atoms with E-state index in [0.717, 1.165) is 11.3 Å². The summed E-state index contributed by atoms with van der Waals surface area (Å²) in [5.74, 6) is 0. The Kier molecular flexibility index (Phi) is 6.34. The first kappa shape index (κ1) is 18.6. The highest BCUT2D eigenvalue weighted by atomic mass is 32.2.